The monoisotopic (exact) mass is 257 g/mol. The summed E-state index contributed by atoms with van der Waals surface area (Å²) in [6, 6.07) is 7.60. The predicted molar refractivity (Wildman–Crippen MR) is 74.6 cm³/mol. The second kappa shape index (κ2) is 5.02. The molecule has 4 heteroatoms. The Morgan fingerprint density at radius 3 is 2.11 bits per heavy atom. The highest BCUT2D eigenvalue weighted by Crippen LogP contribution is 2.28. The van der Waals surface area contributed by atoms with Gasteiger partial charge >= 0.3 is 0 Å². The van der Waals surface area contributed by atoms with E-state index < -0.39 is 0 Å². The van der Waals surface area contributed by atoms with Crippen molar-refractivity contribution in [3.05, 3.63) is 47.0 Å². The van der Waals surface area contributed by atoms with Crippen LogP contribution in [0.5, 0.6) is 17.2 Å². The first-order valence-corrected chi connectivity index (χ1v) is 5.83. The van der Waals surface area contributed by atoms with E-state index in [0.717, 1.165) is 16.8 Å². The molecule has 0 saturated carbocycles. The summed E-state index contributed by atoms with van der Waals surface area (Å²) in [7, 11) is 0. The molecule has 0 heterocycles. The van der Waals surface area contributed by atoms with E-state index in [-0.39, 0.29) is 17.2 Å². The molecule has 0 saturated heterocycles. The number of aromatic hydroxyl groups is 3. The Hall–Kier alpha value is -2.49. The first-order valence-electron chi connectivity index (χ1n) is 5.83. The van der Waals surface area contributed by atoms with Gasteiger partial charge in [0.25, 0.3) is 0 Å². The molecular weight excluding hydrogens is 242 g/mol. The van der Waals surface area contributed by atoms with Crippen LogP contribution in [0.15, 0.2) is 35.3 Å². The molecule has 2 aromatic carbocycles. The molecule has 0 aliphatic carbocycles. The van der Waals surface area contributed by atoms with Crippen molar-refractivity contribution in [3.63, 3.8) is 0 Å². The lowest BCUT2D eigenvalue weighted by Gasteiger charge is -2.06. The van der Waals surface area contributed by atoms with Crippen molar-refractivity contribution in [1.29, 1.82) is 0 Å². The van der Waals surface area contributed by atoms with Gasteiger partial charge in [-0.05, 0) is 49.2 Å². The Labute approximate surface area is 111 Å². The highest BCUT2D eigenvalue weighted by molar-refractivity contribution is 5.86. The van der Waals surface area contributed by atoms with Gasteiger partial charge in [0.1, 0.15) is 17.2 Å². The van der Waals surface area contributed by atoms with E-state index in [2.05, 4.69) is 4.99 Å². The van der Waals surface area contributed by atoms with Gasteiger partial charge in [-0.2, -0.15) is 0 Å². The lowest BCUT2D eigenvalue weighted by molar-refractivity contribution is 0.450. The average Bonchev–Trinajstić information content (AvgIpc) is 2.30. The SMILES string of the molecule is Cc1cc(O)cc(C)c1/N=C/c1ccc(O)cc1O. The van der Waals surface area contributed by atoms with Crippen LogP contribution in [0.3, 0.4) is 0 Å². The van der Waals surface area contributed by atoms with Gasteiger partial charge in [0.2, 0.25) is 0 Å². The number of phenols is 3. The van der Waals surface area contributed by atoms with Gasteiger partial charge in [0.05, 0.1) is 5.69 Å². The molecule has 0 bridgehead atoms. The van der Waals surface area contributed by atoms with E-state index in [9.17, 15) is 15.3 Å². The summed E-state index contributed by atoms with van der Waals surface area (Å²) in [5.74, 6) is 0.186. The molecule has 2 rings (SSSR count). The van der Waals surface area contributed by atoms with E-state index in [4.69, 9.17) is 0 Å². The molecule has 3 N–H and O–H groups in total. The second-order valence-electron chi connectivity index (χ2n) is 4.43. The molecule has 4 nitrogen and oxygen atoms in total. The van der Waals surface area contributed by atoms with Gasteiger partial charge in [0.15, 0.2) is 0 Å². The predicted octanol–water partition coefficient (Wildman–Crippen LogP) is 3.17. The van der Waals surface area contributed by atoms with Crippen molar-refractivity contribution in [1.82, 2.24) is 0 Å². The Kier molecular flexibility index (Phi) is 3.42. The Bertz CT molecular complexity index is 625. The molecule has 0 unspecified atom stereocenters. The van der Waals surface area contributed by atoms with Gasteiger partial charge in [-0.3, -0.25) is 4.99 Å². The van der Waals surface area contributed by atoms with Crippen molar-refractivity contribution < 1.29 is 15.3 Å². The van der Waals surface area contributed by atoms with Crippen LogP contribution in [0.1, 0.15) is 16.7 Å². The fraction of sp³-hybridized carbons (Fsp3) is 0.133. The molecule has 0 aliphatic rings. The average molecular weight is 257 g/mol. The van der Waals surface area contributed by atoms with Crippen molar-refractivity contribution in [2.75, 3.05) is 0 Å². The maximum Gasteiger partial charge on any atom is 0.128 e. The minimum absolute atomic E-state index is 0.00615. The minimum Gasteiger partial charge on any atom is -0.508 e. The van der Waals surface area contributed by atoms with Crippen LogP contribution in [0, 0.1) is 13.8 Å². The van der Waals surface area contributed by atoms with Crippen LogP contribution in [0.2, 0.25) is 0 Å². The number of benzene rings is 2. The number of hydrogen-bond donors (Lipinski definition) is 3. The number of nitrogens with zero attached hydrogens (tertiary/aromatic N) is 1. The van der Waals surface area contributed by atoms with Crippen LogP contribution in [-0.2, 0) is 0 Å². The summed E-state index contributed by atoms with van der Waals surface area (Å²) in [6.07, 6.45) is 1.53. The van der Waals surface area contributed by atoms with E-state index in [1.165, 1.54) is 18.3 Å². The van der Waals surface area contributed by atoms with Crippen LogP contribution < -0.4 is 0 Å². The van der Waals surface area contributed by atoms with Crippen LogP contribution in [0.25, 0.3) is 0 Å². The normalized spacial score (nSPS) is 11.1. The molecule has 0 amide bonds. The molecule has 98 valence electrons. The quantitative estimate of drug-likeness (QED) is 0.723. The molecule has 0 fully saturated rings. The molecule has 0 aromatic heterocycles. The third kappa shape index (κ3) is 2.85. The third-order valence-electron chi connectivity index (χ3n) is 2.82. The first kappa shape index (κ1) is 13.0. The van der Waals surface area contributed by atoms with E-state index in [1.54, 1.807) is 18.2 Å². The Balaban J connectivity index is 2.38. The second-order valence-corrected chi connectivity index (χ2v) is 4.43. The van der Waals surface area contributed by atoms with Crippen molar-refractivity contribution >= 4 is 11.9 Å². The van der Waals surface area contributed by atoms with Gasteiger partial charge in [-0.25, -0.2) is 0 Å². The van der Waals surface area contributed by atoms with E-state index in [1.807, 2.05) is 13.8 Å². The third-order valence-corrected chi connectivity index (χ3v) is 2.82. The zero-order valence-corrected chi connectivity index (χ0v) is 10.8. The van der Waals surface area contributed by atoms with Crippen molar-refractivity contribution in [2.45, 2.75) is 13.8 Å². The number of aliphatic imine (C=N–C) groups is 1. The summed E-state index contributed by atoms with van der Waals surface area (Å²) in [4.78, 5) is 4.33. The summed E-state index contributed by atoms with van der Waals surface area (Å²) in [5.41, 5.74) is 2.98. The number of hydrogen-bond acceptors (Lipinski definition) is 4. The highest BCUT2D eigenvalue weighted by Gasteiger charge is 2.04. The summed E-state index contributed by atoms with van der Waals surface area (Å²) in [5, 5.41) is 28.3. The largest absolute Gasteiger partial charge is 0.508 e. The molecular formula is C15H15NO3. The number of aryl methyl sites for hydroxylation is 2. The van der Waals surface area contributed by atoms with Gasteiger partial charge in [-0.15, -0.1) is 0 Å². The number of phenolic OH excluding ortho intramolecular Hbond substituents is 3. The summed E-state index contributed by atoms with van der Waals surface area (Å²) >= 11 is 0. The Morgan fingerprint density at radius 2 is 1.53 bits per heavy atom. The lowest BCUT2D eigenvalue weighted by atomic mass is 10.1. The zero-order valence-electron chi connectivity index (χ0n) is 10.8. The molecule has 0 radical (unpaired) electrons. The van der Waals surface area contributed by atoms with E-state index in [0.29, 0.717) is 5.56 Å². The molecule has 2 aromatic rings. The molecule has 0 aliphatic heterocycles. The fourth-order valence-electron chi connectivity index (χ4n) is 1.91. The Morgan fingerprint density at radius 1 is 0.895 bits per heavy atom. The standard InChI is InChI=1S/C15H15NO3/c1-9-5-13(18)6-10(2)15(9)16-8-11-3-4-12(17)7-14(11)19/h3-8,17-19H,1-2H3/b16-8+. The maximum atomic E-state index is 9.66. The van der Waals surface area contributed by atoms with Crippen LogP contribution >= 0.6 is 0 Å². The zero-order chi connectivity index (χ0) is 14.0. The summed E-state index contributed by atoms with van der Waals surface area (Å²) in [6.45, 7) is 3.71. The molecule has 0 atom stereocenters. The number of rotatable bonds is 2. The molecule has 0 spiro atoms. The fourth-order valence-corrected chi connectivity index (χ4v) is 1.91. The van der Waals surface area contributed by atoms with E-state index >= 15 is 0 Å². The first-order chi connectivity index (χ1) is 8.97. The van der Waals surface area contributed by atoms with Crippen LogP contribution in [-0.4, -0.2) is 21.5 Å². The minimum atomic E-state index is -0.0298. The van der Waals surface area contributed by atoms with Crippen LogP contribution in [0.4, 0.5) is 5.69 Å². The highest BCUT2D eigenvalue weighted by atomic mass is 16.3. The van der Waals surface area contributed by atoms with Gasteiger partial charge in [-0.1, -0.05) is 0 Å². The van der Waals surface area contributed by atoms with Crippen molar-refractivity contribution in [3.8, 4) is 17.2 Å². The van der Waals surface area contributed by atoms with Gasteiger partial charge < -0.3 is 15.3 Å². The summed E-state index contributed by atoms with van der Waals surface area (Å²) < 4.78 is 0. The maximum absolute atomic E-state index is 9.66. The smallest absolute Gasteiger partial charge is 0.128 e. The van der Waals surface area contributed by atoms with Crippen molar-refractivity contribution in [2.24, 2.45) is 4.99 Å². The lowest BCUT2D eigenvalue weighted by Crippen LogP contribution is -1.85. The molecule has 19 heavy (non-hydrogen) atoms. The van der Waals surface area contributed by atoms with Gasteiger partial charge in [0, 0.05) is 17.8 Å². The topological polar surface area (TPSA) is 73.1 Å².